The maximum Gasteiger partial charge on any atom is 0.327 e. The van der Waals surface area contributed by atoms with E-state index in [0.717, 1.165) is 11.8 Å². The second-order valence-corrected chi connectivity index (χ2v) is 6.76. The summed E-state index contributed by atoms with van der Waals surface area (Å²) in [5.74, 6) is 2.30. The van der Waals surface area contributed by atoms with E-state index < -0.39 is 5.69 Å². The highest BCUT2D eigenvalue weighted by atomic mass is 19.1. The first-order valence-corrected chi connectivity index (χ1v) is 10.1. The molecule has 0 saturated carbocycles. The van der Waals surface area contributed by atoms with Crippen molar-refractivity contribution < 1.29 is 4.39 Å². The summed E-state index contributed by atoms with van der Waals surface area (Å²) < 4.78 is 17.2. The number of hydrogen-bond donors (Lipinski definition) is 1. The van der Waals surface area contributed by atoms with Crippen molar-refractivity contribution in [2.24, 2.45) is 0 Å². The number of imidazole rings is 2. The number of aromatic nitrogens is 6. The predicted molar refractivity (Wildman–Crippen MR) is 120 cm³/mol. The normalized spacial score (nSPS) is 13.2. The Morgan fingerprint density at radius 1 is 1.38 bits per heavy atom. The largest absolute Gasteiger partial charge is 0.327 e. The van der Waals surface area contributed by atoms with Crippen LogP contribution in [0.1, 0.15) is 32.6 Å². The average molecular weight is 431 g/mol. The van der Waals surface area contributed by atoms with Gasteiger partial charge in [0.25, 0.3) is 0 Å². The van der Waals surface area contributed by atoms with Gasteiger partial charge in [-0.2, -0.15) is 10.2 Å². The van der Waals surface area contributed by atoms with Crippen LogP contribution in [0.3, 0.4) is 0 Å². The number of fused-ring (bicyclic) bond motifs is 1. The second-order valence-electron chi connectivity index (χ2n) is 6.76. The number of nitrogens with one attached hydrogen (secondary N) is 1. The summed E-state index contributed by atoms with van der Waals surface area (Å²) in [6, 6.07) is 2.09. The van der Waals surface area contributed by atoms with Crippen LogP contribution in [0.2, 0.25) is 0 Å². The van der Waals surface area contributed by atoms with E-state index in [2.05, 4.69) is 31.9 Å². The van der Waals surface area contributed by atoms with Gasteiger partial charge in [-0.3, -0.25) is 9.13 Å². The van der Waals surface area contributed by atoms with E-state index in [1.54, 1.807) is 23.0 Å². The standard InChI is InChI=1S/C23H22FN7O/c1-3-5-6-7-10-17(24)12-14-30-21-19(28-23(30)32)15-26-22(29-21)31-16-27-18(9-4-2)20(31)11-8-13-25/h1,5-6,9-11,15-16H,4,7-8,12,14H2,2H3,(H,28,32)/b6-5-,17-10+,18-9+,20-11+. The highest BCUT2D eigenvalue weighted by Gasteiger charge is 2.12. The minimum absolute atomic E-state index is 0.0397. The predicted octanol–water partition coefficient (Wildman–Crippen LogP) is 2.01. The third kappa shape index (κ3) is 5.08. The molecular weight excluding hydrogens is 409 g/mol. The van der Waals surface area contributed by atoms with Crippen LogP contribution in [0.15, 0.2) is 41.4 Å². The molecule has 0 spiro atoms. The van der Waals surface area contributed by atoms with Gasteiger partial charge in [-0.25, -0.2) is 19.2 Å². The number of nitrogens with zero attached hydrogens (tertiary/aromatic N) is 6. The maximum atomic E-state index is 14.1. The van der Waals surface area contributed by atoms with Crippen LogP contribution in [0, 0.1) is 23.7 Å². The molecule has 0 aliphatic rings. The highest BCUT2D eigenvalue weighted by Crippen LogP contribution is 2.12. The lowest BCUT2D eigenvalue weighted by Crippen LogP contribution is -2.30. The minimum atomic E-state index is -0.395. The lowest BCUT2D eigenvalue weighted by Gasteiger charge is -2.04. The first-order chi connectivity index (χ1) is 15.6. The van der Waals surface area contributed by atoms with E-state index in [4.69, 9.17) is 11.7 Å². The van der Waals surface area contributed by atoms with Crippen LogP contribution in [-0.4, -0.2) is 29.1 Å². The van der Waals surface area contributed by atoms with Gasteiger partial charge >= 0.3 is 5.69 Å². The average Bonchev–Trinajstić information content (AvgIpc) is 3.33. The summed E-state index contributed by atoms with van der Waals surface area (Å²) in [7, 11) is 0. The summed E-state index contributed by atoms with van der Waals surface area (Å²) in [6.45, 7) is 2.11. The molecule has 32 heavy (non-hydrogen) atoms. The topological polar surface area (TPSA) is 105 Å². The van der Waals surface area contributed by atoms with E-state index in [1.165, 1.54) is 22.9 Å². The van der Waals surface area contributed by atoms with Crippen LogP contribution in [0.5, 0.6) is 0 Å². The smallest absolute Gasteiger partial charge is 0.303 e. The first kappa shape index (κ1) is 22.4. The number of terminal acetylenes is 1. The highest BCUT2D eigenvalue weighted by molar-refractivity contribution is 5.70. The molecule has 9 heteroatoms. The Kier molecular flexibility index (Phi) is 7.50. The molecular formula is C23H22FN7O. The fraction of sp³-hybridized carbons (Fsp3) is 0.261. The summed E-state index contributed by atoms with van der Waals surface area (Å²) in [5.41, 5.74) is 0.414. The van der Waals surface area contributed by atoms with Crippen molar-refractivity contribution in [3.8, 4) is 24.4 Å². The Balaban J connectivity index is 1.98. The minimum Gasteiger partial charge on any atom is -0.303 e. The van der Waals surface area contributed by atoms with Gasteiger partial charge in [-0.05, 0) is 31.1 Å². The zero-order chi connectivity index (χ0) is 22.9. The Morgan fingerprint density at radius 3 is 2.97 bits per heavy atom. The second kappa shape index (κ2) is 10.7. The molecule has 3 heterocycles. The third-order valence-electron chi connectivity index (χ3n) is 4.60. The number of hydrogen-bond acceptors (Lipinski definition) is 5. The van der Waals surface area contributed by atoms with Crippen molar-refractivity contribution in [2.45, 2.75) is 39.2 Å². The first-order valence-electron chi connectivity index (χ1n) is 10.1. The van der Waals surface area contributed by atoms with E-state index >= 15 is 0 Å². The molecule has 8 nitrogen and oxygen atoms in total. The molecule has 0 unspecified atom stereocenters. The zero-order valence-corrected chi connectivity index (χ0v) is 17.6. The SMILES string of the molecule is C#C/C=C\C/C=C(/F)CCn1c(=O)[nH]c2cnc(-n3cnc(=C/CC)/c3=C\CC#N)nc21. The lowest BCUT2D eigenvalue weighted by atomic mass is 10.3. The zero-order valence-electron chi connectivity index (χ0n) is 17.6. The molecule has 0 aliphatic heterocycles. The van der Waals surface area contributed by atoms with Gasteiger partial charge in [-0.15, -0.1) is 6.42 Å². The number of rotatable bonds is 8. The van der Waals surface area contributed by atoms with Crippen molar-refractivity contribution in [3.63, 3.8) is 0 Å². The van der Waals surface area contributed by atoms with Crippen LogP contribution < -0.4 is 16.4 Å². The van der Waals surface area contributed by atoms with E-state index in [0.29, 0.717) is 28.9 Å². The molecule has 0 atom stereocenters. The van der Waals surface area contributed by atoms with Crippen molar-refractivity contribution in [2.75, 3.05) is 0 Å². The Bertz CT molecular complexity index is 1420. The van der Waals surface area contributed by atoms with Crippen molar-refractivity contribution in [1.29, 1.82) is 5.26 Å². The van der Waals surface area contributed by atoms with Crippen LogP contribution in [0.25, 0.3) is 29.3 Å². The summed E-state index contributed by atoms with van der Waals surface area (Å²) in [5, 5.41) is 10.4. The molecule has 162 valence electrons. The molecule has 0 aliphatic carbocycles. The van der Waals surface area contributed by atoms with Gasteiger partial charge in [0, 0.05) is 13.0 Å². The van der Waals surface area contributed by atoms with Gasteiger partial charge in [0.1, 0.15) is 11.8 Å². The van der Waals surface area contributed by atoms with Crippen molar-refractivity contribution >= 4 is 23.3 Å². The van der Waals surface area contributed by atoms with E-state index in [-0.39, 0.29) is 25.2 Å². The number of halogens is 1. The molecule has 0 radical (unpaired) electrons. The molecule has 0 saturated heterocycles. The molecule has 0 aromatic carbocycles. The molecule has 0 fully saturated rings. The molecule has 3 aromatic rings. The van der Waals surface area contributed by atoms with Gasteiger partial charge in [0.05, 0.1) is 35.2 Å². The lowest BCUT2D eigenvalue weighted by molar-refractivity contribution is 0.544. The molecule has 0 bridgehead atoms. The summed E-state index contributed by atoms with van der Waals surface area (Å²) >= 11 is 0. The molecule has 3 aromatic heterocycles. The van der Waals surface area contributed by atoms with E-state index in [1.807, 2.05) is 13.0 Å². The number of allylic oxidation sites excluding steroid dienone is 4. The van der Waals surface area contributed by atoms with Gasteiger partial charge < -0.3 is 4.98 Å². The van der Waals surface area contributed by atoms with Crippen LogP contribution >= 0.6 is 0 Å². The summed E-state index contributed by atoms with van der Waals surface area (Å²) in [6.07, 6.45) is 17.9. The van der Waals surface area contributed by atoms with Gasteiger partial charge in [-0.1, -0.05) is 25.0 Å². The Labute approximate surface area is 183 Å². The Hall–Kier alpha value is -4.24. The van der Waals surface area contributed by atoms with Gasteiger partial charge in [0.15, 0.2) is 5.65 Å². The Morgan fingerprint density at radius 2 is 2.22 bits per heavy atom. The van der Waals surface area contributed by atoms with Crippen molar-refractivity contribution in [1.82, 2.24) is 29.1 Å². The van der Waals surface area contributed by atoms with E-state index in [9.17, 15) is 9.18 Å². The molecule has 3 rings (SSSR count). The number of aryl methyl sites for hydroxylation is 1. The fourth-order valence-electron chi connectivity index (χ4n) is 3.14. The fourth-order valence-corrected chi connectivity index (χ4v) is 3.14. The molecule has 1 N–H and O–H groups in total. The third-order valence-corrected chi connectivity index (χ3v) is 4.60. The molecule has 0 amide bonds. The van der Waals surface area contributed by atoms with Crippen LogP contribution in [0.4, 0.5) is 4.39 Å². The quantitative estimate of drug-likeness (QED) is 0.550. The van der Waals surface area contributed by atoms with Crippen LogP contribution in [-0.2, 0) is 6.54 Å². The summed E-state index contributed by atoms with van der Waals surface area (Å²) in [4.78, 5) is 28.3. The monoisotopic (exact) mass is 431 g/mol. The number of nitriles is 1. The number of H-pyrrole nitrogens is 1. The number of aromatic amines is 1. The van der Waals surface area contributed by atoms with Crippen molar-refractivity contribution in [3.05, 3.63) is 57.8 Å². The maximum absolute atomic E-state index is 14.1. The van der Waals surface area contributed by atoms with Gasteiger partial charge in [0.2, 0.25) is 5.95 Å².